The second-order valence-corrected chi connectivity index (χ2v) is 6.35. The van der Waals surface area contributed by atoms with Crippen molar-refractivity contribution >= 4 is 15.7 Å². The Morgan fingerprint density at radius 2 is 2.10 bits per heavy atom. The lowest BCUT2D eigenvalue weighted by atomic mass is 10.3. The quantitative estimate of drug-likeness (QED) is 0.870. The minimum Gasteiger partial charge on any atom is -0.396 e. The molecule has 0 aliphatic carbocycles. The largest absolute Gasteiger partial charge is 0.396 e. The van der Waals surface area contributed by atoms with Crippen LogP contribution in [0.25, 0.3) is 0 Å². The molecule has 1 heterocycles. The van der Waals surface area contributed by atoms with Gasteiger partial charge in [-0.2, -0.15) is 4.31 Å². The number of aromatic nitrogens is 1. The highest BCUT2D eigenvalue weighted by molar-refractivity contribution is 7.89. The van der Waals surface area contributed by atoms with Crippen LogP contribution in [0.2, 0.25) is 0 Å². The van der Waals surface area contributed by atoms with E-state index in [0.717, 1.165) is 22.0 Å². The fourth-order valence-electron chi connectivity index (χ4n) is 1.70. The predicted molar refractivity (Wildman–Crippen MR) is 73.7 cm³/mol. The number of nitrogen functional groups attached to an aromatic ring is 1. The van der Waals surface area contributed by atoms with E-state index in [9.17, 15) is 12.8 Å². The molecule has 2 rings (SSSR count). The molecular weight excluding hydrogens is 281 g/mol. The summed E-state index contributed by atoms with van der Waals surface area (Å²) in [5.74, 6) is -0.640. The molecule has 0 aliphatic heterocycles. The van der Waals surface area contributed by atoms with E-state index < -0.39 is 15.8 Å². The third kappa shape index (κ3) is 2.94. The second kappa shape index (κ2) is 5.56. The van der Waals surface area contributed by atoms with Crippen LogP contribution >= 0.6 is 0 Å². The third-order valence-electron chi connectivity index (χ3n) is 2.80. The minimum absolute atomic E-state index is 0.0391. The molecule has 0 atom stereocenters. The fourth-order valence-corrected chi connectivity index (χ4v) is 2.89. The second-order valence-electron chi connectivity index (χ2n) is 4.31. The van der Waals surface area contributed by atoms with E-state index in [1.54, 1.807) is 24.5 Å². The van der Waals surface area contributed by atoms with E-state index in [1.165, 1.54) is 13.1 Å². The number of hydrogen-bond donors (Lipinski definition) is 1. The van der Waals surface area contributed by atoms with Crippen molar-refractivity contribution in [2.75, 3.05) is 12.8 Å². The van der Waals surface area contributed by atoms with Crippen molar-refractivity contribution in [2.45, 2.75) is 11.4 Å². The Balaban J connectivity index is 2.27. The maximum atomic E-state index is 13.1. The van der Waals surface area contributed by atoms with E-state index in [2.05, 4.69) is 4.98 Å². The number of pyridine rings is 1. The molecule has 20 heavy (non-hydrogen) atoms. The summed E-state index contributed by atoms with van der Waals surface area (Å²) in [4.78, 5) is 3.89. The van der Waals surface area contributed by atoms with Crippen LogP contribution in [-0.2, 0) is 16.6 Å². The zero-order valence-electron chi connectivity index (χ0n) is 10.8. The Morgan fingerprint density at radius 1 is 1.35 bits per heavy atom. The maximum absolute atomic E-state index is 13.1. The average Bonchev–Trinajstić information content (AvgIpc) is 2.42. The Bertz CT molecular complexity index is 705. The average molecular weight is 295 g/mol. The Morgan fingerprint density at radius 3 is 2.70 bits per heavy atom. The number of benzene rings is 1. The molecule has 5 nitrogen and oxygen atoms in total. The molecule has 0 amide bonds. The molecule has 0 radical (unpaired) electrons. The number of halogens is 1. The number of sulfonamides is 1. The van der Waals surface area contributed by atoms with Crippen LogP contribution < -0.4 is 5.73 Å². The molecule has 0 spiro atoms. The molecular formula is C13H14FN3O2S. The lowest BCUT2D eigenvalue weighted by molar-refractivity contribution is 0.466. The minimum atomic E-state index is -3.72. The molecule has 0 unspecified atom stereocenters. The van der Waals surface area contributed by atoms with Gasteiger partial charge in [0.25, 0.3) is 0 Å². The summed E-state index contributed by atoms with van der Waals surface area (Å²) in [5.41, 5.74) is 5.97. The van der Waals surface area contributed by atoms with Gasteiger partial charge in [-0.3, -0.25) is 4.98 Å². The van der Waals surface area contributed by atoms with E-state index in [-0.39, 0.29) is 17.1 Å². The van der Waals surface area contributed by atoms with Gasteiger partial charge in [0, 0.05) is 26.0 Å². The zero-order chi connectivity index (χ0) is 14.8. The molecule has 0 saturated heterocycles. The van der Waals surface area contributed by atoms with Crippen LogP contribution in [0.3, 0.4) is 0 Å². The fraction of sp³-hybridized carbons (Fsp3) is 0.154. The highest BCUT2D eigenvalue weighted by Gasteiger charge is 2.21. The van der Waals surface area contributed by atoms with Gasteiger partial charge in [0.2, 0.25) is 10.0 Å². The van der Waals surface area contributed by atoms with Crippen LogP contribution in [0.1, 0.15) is 5.56 Å². The van der Waals surface area contributed by atoms with E-state index in [0.29, 0.717) is 0 Å². The Kier molecular flexibility index (Phi) is 4.01. The van der Waals surface area contributed by atoms with Gasteiger partial charge in [0.05, 0.1) is 10.6 Å². The van der Waals surface area contributed by atoms with Crippen molar-refractivity contribution in [3.8, 4) is 0 Å². The normalized spacial score (nSPS) is 11.8. The number of anilines is 1. The van der Waals surface area contributed by atoms with Crippen molar-refractivity contribution < 1.29 is 12.8 Å². The first-order valence-electron chi connectivity index (χ1n) is 5.81. The molecule has 0 fully saturated rings. The summed E-state index contributed by atoms with van der Waals surface area (Å²) in [6.07, 6.45) is 3.20. The predicted octanol–water partition coefficient (Wildman–Crippen LogP) is 1.62. The lowest BCUT2D eigenvalue weighted by Gasteiger charge is -2.17. The summed E-state index contributed by atoms with van der Waals surface area (Å²) in [6.45, 7) is 0.174. The van der Waals surface area contributed by atoms with E-state index in [1.807, 2.05) is 0 Å². The van der Waals surface area contributed by atoms with Gasteiger partial charge in [0.1, 0.15) is 5.82 Å². The first kappa shape index (κ1) is 14.4. The summed E-state index contributed by atoms with van der Waals surface area (Å²) in [6, 6.07) is 6.86. The van der Waals surface area contributed by atoms with Gasteiger partial charge in [-0.25, -0.2) is 12.8 Å². The van der Waals surface area contributed by atoms with Crippen molar-refractivity contribution in [3.63, 3.8) is 0 Å². The molecule has 7 heteroatoms. The van der Waals surface area contributed by atoms with Gasteiger partial charge >= 0.3 is 0 Å². The topological polar surface area (TPSA) is 76.3 Å². The Hall–Kier alpha value is -1.99. The van der Waals surface area contributed by atoms with Crippen molar-refractivity contribution in [3.05, 3.63) is 54.1 Å². The molecule has 106 valence electrons. The molecule has 0 aliphatic rings. The zero-order valence-corrected chi connectivity index (χ0v) is 11.6. The highest BCUT2D eigenvalue weighted by atomic mass is 32.2. The third-order valence-corrected chi connectivity index (χ3v) is 4.60. The lowest BCUT2D eigenvalue weighted by Crippen LogP contribution is -2.26. The smallest absolute Gasteiger partial charge is 0.243 e. The van der Waals surface area contributed by atoms with E-state index >= 15 is 0 Å². The first-order valence-corrected chi connectivity index (χ1v) is 7.25. The van der Waals surface area contributed by atoms with Gasteiger partial charge in [-0.05, 0) is 29.8 Å². The van der Waals surface area contributed by atoms with E-state index in [4.69, 9.17) is 5.73 Å². The SMILES string of the molecule is CN(Cc1cccnc1)S(=O)(=O)c1ccc(F)c(N)c1. The summed E-state index contributed by atoms with van der Waals surface area (Å²) >= 11 is 0. The molecule has 0 saturated carbocycles. The molecule has 1 aromatic heterocycles. The molecule has 2 N–H and O–H groups in total. The van der Waals surface area contributed by atoms with Crippen LogP contribution in [0.15, 0.2) is 47.6 Å². The van der Waals surface area contributed by atoms with Crippen LogP contribution in [-0.4, -0.2) is 24.8 Å². The monoisotopic (exact) mass is 295 g/mol. The van der Waals surface area contributed by atoms with Crippen molar-refractivity contribution in [1.82, 2.24) is 9.29 Å². The molecule has 1 aromatic carbocycles. The summed E-state index contributed by atoms with van der Waals surface area (Å²) < 4.78 is 38.9. The van der Waals surface area contributed by atoms with Gasteiger partial charge in [0.15, 0.2) is 0 Å². The maximum Gasteiger partial charge on any atom is 0.243 e. The highest BCUT2D eigenvalue weighted by Crippen LogP contribution is 2.20. The van der Waals surface area contributed by atoms with Gasteiger partial charge in [-0.15, -0.1) is 0 Å². The summed E-state index contributed by atoms with van der Waals surface area (Å²) in [7, 11) is -2.27. The van der Waals surface area contributed by atoms with Crippen molar-refractivity contribution in [1.29, 1.82) is 0 Å². The summed E-state index contributed by atoms with van der Waals surface area (Å²) in [5, 5.41) is 0. The van der Waals surface area contributed by atoms with Gasteiger partial charge in [-0.1, -0.05) is 6.07 Å². The first-order chi connectivity index (χ1) is 9.41. The Labute approximate surface area is 116 Å². The van der Waals surface area contributed by atoms with Crippen LogP contribution in [0.4, 0.5) is 10.1 Å². The van der Waals surface area contributed by atoms with Gasteiger partial charge < -0.3 is 5.73 Å². The standard InChI is InChI=1S/C13H14FN3O2S/c1-17(9-10-3-2-6-16-8-10)20(18,19)11-4-5-12(14)13(15)7-11/h2-8H,9,15H2,1H3. The molecule has 0 bridgehead atoms. The number of nitrogens with two attached hydrogens (primary N) is 1. The number of hydrogen-bond acceptors (Lipinski definition) is 4. The molecule has 2 aromatic rings. The number of rotatable bonds is 4. The number of nitrogens with zero attached hydrogens (tertiary/aromatic N) is 2. The van der Waals surface area contributed by atoms with Crippen LogP contribution in [0.5, 0.6) is 0 Å². The van der Waals surface area contributed by atoms with Crippen molar-refractivity contribution in [2.24, 2.45) is 0 Å². The van der Waals surface area contributed by atoms with Crippen LogP contribution in [0, 0.1) is 5.82 Å².